The molecule has 0 aromatic carbocycles. The molecule has 14 heteroatoms. The number of nitrogens with two attached hydrogens (primary N) is 2. The Balaban J connectivity index is 5.34. The van der Waals surface area contributed by atoms with E-state index in [1.54, 1.807) is 6.92 Å². The van der Waals surface area contributed by atoms with E-state index in [-0.39, 0.29) is 25.3 Å². The number of nitrogens with one attached hydrogen (secondary N) is 4. The molecule has 0 aromatic heterocycles. The Hall–Kier alpha value is -2.05. The van der Waals surface area contributed by atoms with E-state index in [1.165, 1.54) is 7.05 Å². The van der Waals surface area contributed by atoms with Crippen LogP contribution >= 0.6 is 7.60 Å². The fourth-order valence-corrected chi connectivity index (χ4v) is 3.11. The molecule has 0 radical (unpaired) electrons. The molecular weight excluding hydrogens is 417 g/mol. The van der Waals surface area contributed by atoms with Crippen LogP contribution in [0.1, 0.15) is 39.5 Å². The third kappa shape index (κ3) is 9.63. The molecule has 0 heterocycles. The molecule has 0 fully saturated rings. The van der Waals surface area contributed by atoms with Crippen LogP contribution < -0.4 is 27.4 Å². The number of carbonyl (C=O) groups is 3. The van der Waals surface area contributed by atoms with Gasteiger partial charge < -0.3 is 37.2 Å². The third-order valence-electron chi connectivity index (χ3n) is 4.23. The summed E-state index contributed by atoms with van der Waals surface area (Å²) in [5.74, 6) is -4.25. The number of likely N-dealkylation sites (N-methyl/N-ethyl adjacent to an activating group) is 1. The maximum absolute atomic E-state index is 13.0. The molecule has 0 aromatic rings. The van der Waals surface area contributed by atoms with Crippen LogP contribution in [-0.4, -0.2) is 76.4 Å². The zero-order valence-corrected chi connectivity index (χ0v) is 18.4. The molecule has 13 nitrogen and oxygen atoms in total. The number of imide groups is 1. The Kier molecular flexibility index (Phi) is 12.4. The first-order valence-corrected chi connectivity index (χ1v) is 11.2. The van der Waals surface area contributed by atoms with Gasteiger partial charge in [-0.3, -0.25) is 29.3 Å². The molecule has 10 N–H and O–H groups in total. The lowest BCUT2D eigenvalue weighted by Gasteiger charge is -2.31. The summed E-state index contributed by atoms with van der Waals surface area (Å²) in [6.07, 6.45) is 1.32. The number of carbonyl (C=O) groups excluding carboxylic acids is 3. The zero-order chi connectivity index (χ0) is 23.5. The first kappa shape index (κ1) is 27.9. The van der Waals surface area contributed by atoms with E-state index in [9.17, 15) is 28.7 Å². The van der Waals surface area contributed by atoms with Crippen molar-refractivity contribution in [2.24, 2.45) is 11.5 Å². The van der Waals surface area contributed by atoms with E-state index in [2.05, 4.69) is 16.0 Å². The summed E-state index contributed by atoms with van der Waals surface area (Å²) in [5, 5.41) is 14.7. The fraction of sp³-hybridized carbons (Fsp3) is 0.750. The molecule has 0 bridgehead atoms. The Morgan fingerprint density at radius 2 is 1.83 bits per heavy atom. The molecule has 0 saturated heterocycles. The molecule has 30 heavy (non-hydrogen) atoms. The number of nitrogens with zero attached hydrogens (tertiary/aromatic N) is 1. The van der Waals surface area contributed by atoms with Gasteiger partial charge in [0.2, 0.25) is 11.8 Å². The van der Waals surface area contributed by atoms with Crippen molar-refractivity contribution in [2.75, 3.05) is 20.1 Å². The minimum Gasteiger partial charge on any atom is -0.370 e. The Morgan fingerprint density at radius 1 is 1.23 bits per heavy atom. The molecule has 0 aliphatic heterocycles. The average Bonchev–Trinajstić information content (AvgIpc) is 2.63. The molecule has 174 valence electrons. The van der Waals surface area contributed by atoms with Crippen LogP contribution in [0.25, 0.3) is 0 Å². The van der Waals surface area contributed by atoms with Crippen molar-refractivity contribution >= 4 is 31.3 Å². The highest BCUT2D eigenvalue weighted by atomic mass is 31.2. The van der Waals surface area contributed by atoms with Crippen LogP contribution in [-0.2, 0) is 18.9 Å². The van der Waals surface area contributed by atoms with Crippen LogP contribution in [0.3, 0.4) is 0 Å². The van der Waals surface area contributed by atoms with Gasteiger partial charge in [0.05, 0.1) is 12.6 Å². The monoisotopic (exact) mass is 451 g/mol. The molecule has 3 amide bonds. The predicted octanol–water partition coefficient (Wildman–Crippen LogP) is -2.04. The zero-order valence-electron chi connectivity index (χ0n) is 17.6. The van der Waals surface area contributed by atoms with Gasteiger partial charge in [-0.1, -0.05) is 13.3 Å². The van der Waals surface area contributed by atoms with Gasteiger partial charge in [-0.15, -0.1) is 0 Å². The first-order chi connectivity index (χ1) is 13.9. The lowest BCUT2D eigenvalue weighted by Crippen LogP contribution is -2.56. The van der Waals surface area contributed by atoms with E-state index in [0.717, 1.165) is 6.92 Å². The third-order valence-corrected chi connectivity index (χ3v) is 5.44. The van der Waals surface area contributed by atoms with Crippen LogP contribution in [0.2, 0.25) is 0 Å². The molecule has 0 spiro atoms. The average molecular weight is 451 g/mol. The molecule has 3 atom stereocenters. The minimum atomic E-state index is -4.80. The van der Waals surface area contributed by atoms with Gasteiger partial charge in [-0.05, 0) is 33.2 Å². The molecule has 0 saturated carbocycles. The van der Waals surface area contributed by atoms with E-state index in [4.69, 9.17) is 16.9 Å². The Morgan fingerprint density at radius 3 is 2.30 bits per heavy atom. The van der Waals surface area contributed by atoms with E-state index in [0.29, 0.717) is 24.3 Å². The quantitative estimate of drug-likeness (QED) is 0.0662. The van der Waals surface area contributed by atoms with Gasteiger partial charge in [0.15, 0.2) is 5.96 Å². The summed E-state index contributed by atoms with van der Waals surface area (Å²) in [6, 6.07) is -2.12. The van der Waals surface area contributed by atoms with E-state index in [1.807, 2.05) is 0 Å². The van der Waals surface area contributed by atoms with Crippen LogP contribution in [0.15, 0.2) is 0 Å². The Bertz CT molecular complexity index is 656. The van der Waals surface area contributed by atoms with Crippen LogP contribution in [0.4, 0.5) is 0 Å². The normalized spacial score (nSPS) is 14.3. The summed E-state index contributed by atoms with van der Waals surface area (Å²) in [6.45, 7) is 2.86. The van der Waals surface area contributed by atoms with Crippen LogP contribution in [0, 0.1) is 5.41 Å². The van der Waals surface area contributed by atoms with Crippen LogP contribution in [0.5, 0.6) is 0 Å². The van der Waals surface area contributed by atoms with Gasteiger partial charge in [0.1, 0.15) is 11.8 Å². The Labute approximate surface area is 176 Å². The van der Waals surface area contributed by atoms with Gasteiger partial charge >= 0.3 is 7.60 Å². The van der Waals surface area contributed by atoms with Crippen molar-refractivity contribution in [3.05, 3.63) is 0 Å². The summed E-state index contributed by atoms with van der Waals surface area (Å²) >= 11 is 0. The smallest absolute Gasteiger partial charge is 0.348 e. The maximum Gasteiger partial charge on any atom is 0.348 e. The van der Waals surface area contributed by atoms with Crippen molar-refractivity contribution in [2.45, 2.75) is 57.4 Å². The molecular formula is C16H34N7O6P. The summed E-state index contributed by atoms with van der Waals surface area (Å²) in [4.78, 5) is 57.2. The lowest BCUT2D eigenvalue weighted by atomic mass is 10.1. The van der Waals surface area contributed by atoms with Gasteiger partial charge in [-0.2, -0.15) is 0 Å². The second-order valence-corrected chi connectivity index (χ2v) is 8.72. The number of hydrogen-bond donors (Lipinski definition) is 8. The topological polar surface area (TPSA) is 224 Å². The number of guanidine groups is 1. The van der Waals surface area contributed by atoms with Gasteiger partial charge in [0.25, 0.3) is 5.91 Å². The standard InChI is InChI=1S/C16H34N7O6P/c1-4-6-12(22-14(25)11(17)7-5-8-21-16(18)19)15(26)23(13(24)9-20-3)10(2)30(27,28)29/h10-12,20H,4-9,17H2,1-3H3,(H,22,25)(H4,18,19,21)(H2,27,28,29)/t10-,11+,12+/m1/s1. The minimum absolute atomic E-state index is 0.153. The molecule has 0 unspecified atom stereocenters. The first-order valence-electron chi connectivity index (χ1n) is 9.56. The second kappa shape index (κ2) is 13.3. The summed E-state index contributed by atoms with van der Waals surface area (Å²) < 4.78 is 11.7. The summed E-state index contributed by atoms with van der Waals surface area (Å²) in [7, 11) is -3.35. The second-order valence-electron chi connectivity index (χ2n) is 6.79. The molecule has 0 aliphatic rings. The van der Waals surface area contributed by atoms with Gasteiger partial charge in [0, 0.05) is 6.54 Å². The number of hydrogen-bond acceptors (Lipinski definition) is 7. The van der Waals surface area contributed by atoms with Crippen molar-refractivity contribution in [3.63, 3.8) is 0 Å². The largest absolute Gasteiger partial charge is 0.370 e. The van der Waals surface area contributed by atoms with E-state index >= 15 is 0 Å². The number of amides is 3. The van der Waals surface area contributed by atoms with Crippen molar-refractivity contribution in [3.8, 4) is 0 Å². The lowest BCUT2D eigenvalue weighted by molar-refractivity contribution is -0.148. The molecule has 0 rings (SSSR count). The van der Waals surface area contributed by atoms with Crippen molar-refractivity contribution < 1.29 is 28.7 Å². The fourth-order valence-electron chi connectivity index (χ4n) is 2.57. The van der Waals surface area contributed by atoms with Crippen molar-refractivity contribution in [1.82, 2.24) is 20.9 Å². The van der Waals surface area contributed by atoms with Gasteiger partial charge in [-0.25, -0.2) is 0 Å². The predicted molar refractivity (Wildman–Crippen MR) is 111 cm³/mol. The maximum atomic E-state index is 13.0. The molecule has 0 aliphatic carbocycles. The highest BCUT2D eigenvalue weighted by Gasteiger charge is 2.40. The summed E-state index contributed by atoms with van der Waals surface area (Å²) in [5.41, 5.74) is 11.0. The highest BCUT2D eigenvalue weighted by Crippen LogP contribution is 2.43. The van der Waals surface area contributed by atoms with E-state index < -0.39 is 43.2 Å². The SMILES string of the molecule is CCC[C@H](NC(=O)[C@@H](N)CCCNC(=N)N)C(=O)N(C(=O)CNC)[C@@H](C)P(=O)(O)O. The highest BCUT2D eigenvalue weighted by molar-refractivity contribution is 7.52. The van der Waals surface area contributed by atoms with Crippen molar-refractivity contribution in [1.29, 1.82) is 5.41 Å². The number of rotatable bonds is 13.